The molecule has 2 saturated carbocycles. The lowest BCUT2D eigenvalue weighted by Crippen LogP contribution is -2.37. The topological polar surface area (TPSA) is 55.1 Å². The van der Waals surface area contributed by atoms with Crippen molar-refractivity contribution in [2.45, 2.75) is 57.9 Å². The van der Waals surface area contributed by atoms with E-state index in [1.165, 1.54) is 25.7 Å². The highest BCUT2D eigenvalue weighted by atomic mass is 16.1. The van der Waals surface area contributed by atoms with E-state index in [1.54, 1.807) is 0 Å². The molecule has 3 heteroatoms. The van der Waals surface area contributed by atoms with Gasteiger partial charge in [-0.3, -0.25) is 4.79 Å². The molecule has 0 spiro atoms. The smallest absolute Gasteiger partial charge is 0.223 e. The van der Waals surface area contributed by atoms with Gasteiger partial charge in [-0.15, -0.1) is 0 Å². The van der Waals surface area contributed by atoms with E-state index in [2.05, 4.69) is 12.2 Å². The maximum Gasteiger partial charge on any atom is 0.223 e. The fourth-order valence-electron chi connectivity index (χ4n) is 3.10. The summed E-state index contributed by atoms with van der Waals surface area (Å²) >= 11 is 0. The Morgan fingerprint density at radius 1 is 1.38 bits per heavy atom. The largest absolute Gasteiger partial charge is 0.355 e. The van der Waals surface area contributed by atoms with Crippen molar-refractivity contribution in [1.82, 2.24) is 5.32 Å². The van der Waals surface area contributed by atoms with Crippen LogP contribution in [0.3, 0.4) is 0 Å². The number of rotatable bonds is 3. The number of carbonyl (C=O) groups excluding carboxylic acids is 1. The Kier molecular flexibility index (Phi) is 3.53. The molecule has 0 aromatic heterocycles. The molecule has 3 N–H and O–H groups in total. The molecule has 0 bridgehead atoms. The van der Waals surface area contributed by atoms with Crippen molar-refractivity contribution in [3.05, 3.63) is 0 Å². The molecule has 0 radical (unpaired) electrons. The quantitative estimate of drug-likeness (QED) is 0.768. The van der Waals surface area contributed by atoms with Gasteiger partial charge in [-0.1, -0.05) is 19.8 Å². The summed E-state index contributed by atoms with van der Waals surface area (Å²) in [6.45, 7) is 3.15. The van der Waals surface area contributed by atoms with Gasteiger partial charge in [0.05, 0.1) is 0 Å². The zero-order valence-electron chi connectivity index (χ0n) is 10.3. The Morgan fingerprint density at radius 2 is 2.06 bits per heavy atom. The summed E-state index contributed by atoms with van der Waals surface area (Å²) in [4.78, 5) is 11.9. The predicted molar refractivity (Wildman–Crippen MR) is 64.9 cm³/mol. The van der Waals surface area contributed by atoms with Gasteiger partial charge in [-0.05, 0) is 37.5 Å². The average molecular weight is 224 g/mol. The van der Waals surface area contributed by atoms with E-state index in [9.17, 15) is 4.79 Å². The molecule has 1 amide bonds. The van der Waals surface area contributed by atoms with Crippen LogP contribution in [0.4, 0.5) is 0 Å². The number of hydrogen-bond acceptors (Lipinski definition) is 2. The molecular formula is C13H24N2O. The lowest BCUT2D eigenvalue weighted by atomic mass is 9.88. The summed E-state index contributed by atoms with van der Waals surface area (Å²) < 4.78 is 0. The second-order valence-electron chi connectivity index (χ2n) is 6.01. The van der Waals surface area contributed by atoms with Crippen molar-refractivity contribution in [3.8, 4) is 0 Å². The van der Waals surface area contributed by atoms with E-state index in [-0.39, 0.29) is 17.9 Å². The molecule has 2 aliphatic carbocycles. The van der Waals surface area contributed by atoms with Gasteiger partial charge in [0.15, 0.2) is 0 Å². The fourth-order valence-corrected chi connectivity index (χ4v) is 3.10. The van der Waals surface area contributed by atoms with Crippen LogP contribution in [0.15, 0.2) is 0 Å². The minimum Gasteiger partial charge on any atom is -0.355 e. The first-order valence-corrected chi connectivity index (χ1v) is 6.62. The number of nitrogens with two attached hydrogens (primary N) is 1. The maximum absolute atomic E-state index is 11.9. The highest BCUT2D eigenvalue weighted by Crippen LogP contribution is 2.36. The highest BCUT2D eigenvalue weighted by molar-refractivity contribution is 5.79. The molecule has 2 rings (SSSR count). The van der Waals surface area contributed by atoms with Crippen molar-refractivity contribution < 1.29 is 4.79 Å². The second-order valence-corrected chi connectivity index (χ2v) is 6.01. The lowest BCUT2D eigenvalue weighted by Gasteiger charge is -2.24. The third kappa shape index (κ3) is 2.76. The minimum atomic E-state index is 0.181. The Bertz CT molecular complexity index is 259. The third-order valence-electron chi connectivity index (χ3n) is 4.34. The summed E-state index contributed by atoms with van der Waals surface area (Å²) in [5.41, 5.74) is 6.18. The molecule has 0 aliphatic heterocycles. The summed E-state index contributed by atoms with van der Waals surface area (Å²) in [6.07, 6.45) is 8.03. The molecule has 0 saturated heterocycles. The van der Waals surface area contributed by atoms with Gasteiger partial charge in [0.2, 0.25) is 5.91 Å². The number of hydrogen-bond donors (Lipinski definition) is 2. The van der Waals surface area contributed by atoms with Crippen LogP contribution in [0, 0.1) is 11.3 Å². The molecule has 2 unspecified atom stereocenters. The third-order valence-corrected chi connectivity index (χ3v) is 4.34. The van der Waals surface area contributed by atoms with E-state index in [1.807, 2.05) is 0 Å². The van der Waals surface area contributed by atoms with E-state index in [0.717, 1.165) is 25.8 Å². The molecule has 2 atom stereocenters. The average Bonchev–Trinajstić information content (AvgIpc) is 2.85. The predicted octanol–water partition coefficient (Wildman–Crippen LogP) is 1.81. The van der Waals surface area contributed by atoms with Crippen LogP contribution in [0.2, 0.25) is 0 Å². The molecule has 0 heterocycles. The van der Waals surface area contributed by atoms with Crippen LogP contribution in [0.1, 0.15) is 51.9 Å². The molecule has 0 aromatic carbocycles. The number of amides is 1. The van der Waals surface area contributed by atoms with E-state index in [0.29, 0.717) is 5.41 Å². The Labute approximate surface area is 98.2 Å². The van der Waals surface area contributed by atoms with Crippen LogP contribution < -0.4 is 11.1 Å². The Balaban J connectivity index is 1.75. The van der Waals surface area contributed by atoms with Gasteiger partial charge in [-0.25, -0.2) is 0 Å². The zero-order valence-corrected chi connectivity index (χ0v) is 10.3. The maximum atomic E-state index is 11.9. The van der Waals surface area contributed by atoms with Crippen molar-refractivity contribution in [3.63, 3.8) is 0 Å². The standard InChI is InChI=1S/C13H24N2O/c1-13(6-2-3-7-13)9-15-12(16)10-4-5-11(14)8-10/h10-11H,2-9,14H2,1H3,(H,15,16). The van der Waals surface area contributed by atoms with E-state index in [4.69, 9.17) is 5.73 Å². The van der Waals surface area contributed by atoms with Crippen LogP contribution >= 0.6 is 0 Å². The summed E-state index contributed by atoms with van der Waals surface area (Å²) in [5.74, 6) is 0.418. The zero-order chi connectivity index (χ0) is 11.6. The molecule has 2 aliphatic rings. The van der Waals surface area contributed by atoms with Crippen LogP contribution in [-0.4, -0.2) is 18.5 Å². The number of nitrogens with one attached hydrogen (secondary N) is 1. The summed E-state index contributed by atoms with van der Waals surface area (Å²) in [6, 6.07) is 0.248. The van der Waals surface area contributed by atoms with Gasteiger partial charge >= 0.3 is 0 Å². The minimum absolute atomic E-state index is 0.181. The van der Waals surface area contributed by atoms with Gasteiger partial charge in [0, 0.05) is 18.5 Å². The molecule has 3 nitrogen and oxygen atoms in total. The first-order valence-electron chi connectivity index (χ1n) is 6.62. The van der Waals surface area contributed by atoms with E-state index < -0.39 is 0 Å². The molecule has 0 aromatic rings. The second kappa shape index (κ2) is 4.74. The Hall–Kier alpha value is -0.570. The molecule has 2 fully saturated rings. The van der Waals surface area contributed by atoms with Gasteiger partial charge in [0.25, 0.3) is 0 Å². The van der Waals surface area contributed by atoms with E-state index >= 15 is 0 Å². The Morgan fingerprint density at radius 3 is 2.62 bits per heavy atom. The normalized spacial score (nSPS) is 32.9. The summed E-state index contributed by atoms with van der Waals surface area (Å²) in [7, 11) is 0. The van der Waals surface area contributed by atoms with Crippen LogP contribution in [-0.2, 0) is 4.79 Å². The molecular weight excluding hydrogens is 200 g/mol. The molecule has 16 heavy (non-hydrogen) atoms. The van der Waals surface area contributed by atoms with Crippen molar-refractivity contribution in [1.29, 1.82) is 0 Å². The first-order chi connectivity index (χ1) is 7.59. The van der Waals surface area contributed by atoms with Crippen LogP contribution in [0.25, 0.3) is 0 Å². The summed E-state index contributed by atoms with van der Waals surface area (Å²) in [5, 5.41) is 3.13. The van der Waals surface area contributed by atoms with Crippen LogP contribution in [0.5, 0.6) is 0 Å². The van der Waals surface area contributed by atoms with Crippen molar-refractivity contribution >= 4 is 5.91 Å². The van der Waals surface area contributed by atoms with Gasteiger partial charge in [0.1, 0.15) is 0 Å². The lowest BCUT2D eigenvalue weighted by molar-refractivity contribution is -0.125. The van der Waals surface area contributed by atoms with Gasteiger partial charge in [-0.2, -0.15) is 0 Å². The first kappa shape index (κ1) is 11.9. The van der Waals surface area contributed by atoms with Crippen molar-refractivity contribution in [2.75, 3.05) is 6.54 Å². The molecule has 92 valence electrons. The fraction of sp³-hybridized carbons (Fsp3) is 0.923. The SMILES string of the molecule is CC1(CNC(=O)C2CCC(N)C2)CCCC1. The van der Waals surface area contributed by atoms with Gasteiger partial charge < -0.3 is 11.1 Å². The monoisotopic (exact) mass is 224 g/mol. The van der Waals surface area contributed by atoms with Crippen molar-refractivity contribution in [2.24, 2.45) is 17.1 Å². The highest BCUT2D eigenvalue weighted by Gasteiger charge is 2.32. The number of carbonyl (C=O) groups is 1.